The number of rotatable bonds is 11. The van der Waals surface area contributed by atoms with Crippen LogP contribution in [0, 0.1) is 0 Å². The number of hydrogen-bond donors (Lipinski definition) is 4. The molecule has 0 amide bonds. The number of aliphatic hydroxyl groups excluding tert-OH is 1. The number of nitrogens with one attached hydrogen (secondary N) is 2. The van der Waals surface area contributed by atoms with E-state index >= 15 is 0 Å². The molecule has 1 unspecified atom stereocenters. The van der Waals surface area contributed by atoms with Gasteiger partial charge >= 0.3 is 5.92 Å². The molecule has 0 radical (unpaired) electrons. The van der Waals surface area contributed by atoms with E-state index in [1.807, 2.05) is 0 Å². The molecule has 0 spiro atoms. The van der Waals surface area contributed by atoms with Crippen LogP contribution in [0.2, 0.25) is 0 Å². The van der Waals surface area contributed by atoms with E-state index in [0.29, 0.717) is 29.7 Å². The van der Waals surface area contributed by atoms with E-state index in [1.54, 1.807) is 48.5 Å². The van der Waals surface area contributed by atoms with Gasteiger partial charge in [-0.25, -0.2) is 0 Å². The molecular weight excluding hydrogens is 482 g/mol. The smallest absolute Gasteiger partial charge is 0.306 e. The van der Waals surface area contributed by atoms with E-state index in [0.717, 1.165) is 5.56 Å². The summed E-state index contributed by atoms with van der Waals surface area (Å²) in [7, 11) is 1.45. The fourth-order valence-corrected chi connectivity index (χ4v) is 4.05. The molecule has 4 aromatic rings. The van der Waals surface area contributed by atoms with E-state index in [1.165, 1.54) is 31.4 Å². The second kappa shape index (κ2) is 11.4. The number of phenolic OH excluding ortho intramolecular Hbond substituents is 1. The molecule has 9 heteroatoms. The highest BCUT2D eigenvalue weighted by Crippen LogP contribution is 2.33. The van der Waals surface area contributed by atoms with Gasteiger partial charge in [0, 0.05) is 23.6 Å². The predicted molar refractivity (Wildman–Crippen MR) is 137 cm³/mol. The fraction of sp³-hybridized carbons (Fsp3) is 0.250. The molecule has 4 rings (SSSR count). The average Bonchev–Trinajstić information content (AvgIpc) is 2.91. The zero-order chi connectivity index (χ0) is 26.4. The van der Waals surface area contributed by atoms with Gasteiger partial charge in [0.15, 0.2) is 18.1 Å². The first-order valence-corrected chi connectivity index (χ1v) is 11.8. The summed E-state index contributed by atoms with van der Waals surface area (Å²) in [6.07, 6.45) is -0.279. The Labute approximate surface area is 212 Å². The van der Waals surface area contributed by atoms with Crippen LogP contribution in [0.1, 0.15) is 22.8 Å². The molecule has 3 aromatic carbocycles. The highest BCUT2D eigenvalue weighted by atomic mass is 19.3. The Morgan fingerprint density at radius 3 is 2.57 bits per heavy atom. The Morgan fingerprint density at radius 1 is 1.03 bits per heavy atom. The molecule has 0 aliphatic rings. The van der Waals surface area contributed by atoms with Crippen molar-refractivity contribution >= 4 is 10.9 Å². The maximum absolute atomic E-state index is 14.5. The van der Waals surface area contributed by atoms with Crippen molar-refractivity contribution < 1.29 is 28.5 Å². The molecule has 7 nitrogen and oxygen atoms in total. The molecule has 1 heterocycles. The van der Waals surface area contributed by atoms with Crippen LogP contribution in [-0.2, 0) is 12.3 Å². The first-order chi connectivity index (χ1) is 17.8. The Morgan fingerprint density at radius 2 is 1.81 bits per heavy atom. The van der Waals surface area contributed by atoms with E-state index in [4.69, 9.17) is 9.47 Å². The number of aromatic amines is 1. The summed E-state index contributed by atoms with van der Waals surface area (Å²) < 4.78 is 39.6. The Balaban J connectivity index is 1.33. The molecule has 0 bridgehead atoms. The molecule has 1 aromatic heterocycles. The molecule has 0 aliphatic carbocycles. The first-order valence-electron chi connectivity index (χ1n) is 11.8. The van der Waals surface area contributed by atoms with Gasteiger partial charge in [0.05, 0.1) is 18.7 Å². The van der Waals surface area contributed by atoms with Crippen molar-refractivity contribution in [3.05, 3.63) is 99.8 Å². The maximum Gasteiger partial charge on any atom is 0.306 e. The van der Waals surface area contributed by atoms with Gasteiger partial charge in [0.1, 0.15) is 5.75 Å². The van der Waals surface area contributed by atoms with Crippen molar-refractivity contribution in [2.75, 3.05) is 26.8 Å². The average molecular weight is 511 g/mol. The third-order valence-electron chi connectivity index (χ3n) is 6.03. The van der Waals surface area contributed by atoms with Gasteiger partial charge in [0.2, 0.25) is 5.56 Å². The minimum absolute atomic E-state index is 0.0678. The molecule has 4 N–H and O–H groups in total. The second-order valence-corrected chi connectivity index (χ2v) is 8.60. The van der Waals surface area contributed by atoms with Crippen molar-refractivity contribution in [2.45, 2.75) is 18.4 Å². The Bertz CT molecular complexity index is 1410. The number of aromatic hydroxyl groups is 1. The first kappa shape index (κ1) is 26.1. The van der Waals surface area contributed by atoms with Crippen molar-refractivity contribution in [3.8, 4) is 17.2 Å². The van der Waals surface area contributed by atoms with Crippen LogP contribution < -0.4 is 20.3 Å². The zero-order valence-electron chi connectivity index (χ0n) is 20.2. The lowest BCUT2D eigenvalue weighted by molar-refractivity contribution is -0.0472. The molecule has 37 heavy (non-hydrogen) atoms. The minimum Gasteiger partial charge on any atom is -0.506 e. The quantitative estimate of drug-likeness (QED) is 0.225. The van der Waals surface area contributed by atoms with Crippen molar-refractivity contribution in [1.29, 1.82) is 0 Å². The number of alkyl halides is 2. The van der Waals surface area contributed by atoms with Crippen LogP contribution in [0.5, 0.6) is 17.2 Å². The molecule has 194 valence electrons. The van der Waals surface area contributed by atoms with Crippen LogP contribution in [0.4, 0.5) is 8.78 Å². The van der Waals surface area contributed by atoms with Crippen LogP contribution in [0.15, 0.2) is 77.6 Å². The Kier molecular flexibility index (Phi) is 8.05. The predicted octanol–water partition coefficient (Wildman–Crippen LogP) is 4.28. The zero-order valence-corrected chi connectivity index (χ0v) is 20.2. The van der Waals surface area contributed by atoms with Gasteiger partial charge in [-0.05, 0) is 48.4 Å². The number of halogens is 2. The molecule has 0 saturated heterocycles. The summed E-state index contributed by atoms with van der Waals surface area (Å²) in [5.41, 5.74) is 1.29. The summed E-state index contributed by atoms with van der Waals surface area (Å²) >= 11 is 0. The molecule has 0 aliphatic heterocycles. The summed E-state index contributed by atoms with van der Waals surface area (Å²) in [5.74, 6) is -2.64. The van der Waals surface area contributed by atoms with E-state index in [2.05, 4.69) is 10.3 Å². The normalized spacial score (nSPS) is 12.4. The lowest BCUT2D eigenvalue weighted by atomic mass is 10.0. The number of aromatic nitrogens is 1. The lowest BCUT2D eigenvalue weighted by Gasteiger charge is -2.19. The third-order valence-corrected chi connectivity index (χ3v) is 6.03. The molecule has 0 saturated carbocycles. The van der Waals surface area contributed by atoms with Crippen LogP contribution >= 0.6 is 0 Å². The van der Waals surface area contributed by atoms with Crippen LogP contribution in [0.25, 0.3) is 10.9 Å². The molecular formula is C28H28F2N2O5. The standard InChI is InChI=1S/C28H28F2N2O5/c1-36-25-15-18(7-11-24(25)37-17-28(29,30)19-5-3-2-4-6-19)13-14-31-16-23(34)20-8-10-22(33)27-21(20)9-12-26(35)32-27/h2-12,15,23,31,33-34H,13-14,16-17H2,1H3,(H,32,35). The maximum atomic E-state index is 14.5. The van der Waals surface area contributed by atoms with E-state index < -0.39 is 18.6 Å². The SMILES string of the molecule is COc1cc(CCNCC(O)c2ccc(O)c3[nH]c(=O)ccc23)ccc1OCC(F)(F)c1ccccc1. The Hall–Kier alpha value is -3.95. The number of pyridine rings is 1. The number of fused-ring (bicyclic) bond motifs is 1. The van der Waals surface area contributed by atoms with Gasteiger partial charge in [0.25, 0.3) is 0 Å². The number of H-pyrrole nitrogens is 1. The van der Waals surface area contributed by atoms with Gasteiger partial charge in [-0.1, -0.05) is 42.5 Å². The number of phenols is 1. The lowest BCUT2D eigenvalue weighted by Crippen LogP contribution is -2.24. The highest BCUT2D eigenvalue weighted by molar-refractivity contribution is 5.87. The number of methoxy groups -OCH3 is 1. The van der Waals surface area contributed by atoms with E-state index in [-0.39, 0.29) is 34.7 Å². The number of hydrogen-bond acceptors (Lipinski definition) is 6. The fourth-order valence-electron chi connectivity index (χ4n) is 4.05. The number of benzene rings is 3. The molecule has 1 atom stereocenters. The van der Waals surface area contributed by atoms with Crippen LogP contribution in [0.3, 0.4) is 0 Å². The van der Waals surface area contributed by atoms with Gasteiger partial charge < -0.3 is 30.0 Å². The van der Waals surface area contributed by atoms with Crippen LogP contribution in [-0.4, -0.2) is 42.0 Å². The summed E-state index contributed by atoms with van der Waals surface area (Å²) in [4.78, 5) is 14.2. The minimum atomic E-state index is -3.15. The van der Waals surface area contributed by atoms with Crippen molar-refractivity contribution in [3.63, 3.8) is 0 Å². The largest absolute Gasteiger partial charge is 0.506 e. The van der Waals surface area contributed by atoms with E-state index in [9.17, 15) is 23.8 Å². The monoisotopic (exact) mass is 510 g/mol. The molecule has 0 fully saturated rings. The summed E-state index contributed by atoms with van der Waals surface area (Å²) in [6, 6.07) is 18.6. The second-order valence-electron chi connectivity index (χ2n) is 8.60. The van der Waals surface area contributed by atoms with Gasteiger partial charge in [-0.3, -0.25) is 4.79 Å². The number of aliphatic hydroxyl groups is 1. The topological polar surface area (TPSA) is 104 Å². The van der Waals surface area contributed by atoms with Crippen molar-refractivity contribution in [1.82, 2.24) is 10.3 Å². The number of ether oxygens (including phenoxy) is 2. The summed E-state index contributed by atoms with van der Waals surface area (Å²) in [6.45, 7) is -0.0444. The summed E-state index contributed by atoms with van der Waals surface area (Å²) in [5, 5.41) is 24.4. The highest BCUT2D eigenvalue weighted by Gasteiger charge is 2.32. The third kappa shape index (κ3) is 6.25. The van der Waals surface area contributed by atoms with Gasteiger partial charge in [-0.2, -0.15) is 8.78 Å². The van der Waals surface area contributed by atoms with Crippen molar-refractivity contribution in [2.24, 2.45) is 0 Å². The van der Waals surface area contributed by atoms with Gasteiger partial charge in [-0.15, -0.1) is 0 Å².